The van der Waals surface area contributed by atoms with Gasteiger partial charge in [0.15, 0.2) is 0 Å². The van der Waals surface area contributed by atoms with E-state index in [1.807, 2.05) is 17.4 Å². The van der Waals surface area contributed by atoms with E-state index in [1.165, 1.54) is 21.6 Å². The summed E-state index contributed by atoms with van der Waals surface area (Å²) in [4.78, 5) is 1.41. The van der Waals surface area contributed by atoms with E-state index in [-0.39, 0.29) is 6.04 Å². The smallest absolute Gasteiger partial charge is 0.119 e. The minimum absolute atomic E-state index is 0.279. The van der Waals surface area contributed by atoms with E-state index >= 15 is 0 Å². The number of thiophene rings is 1. The van der Waals surface area contributed by atoms with Crippen molar-refractivity contribution in [1.29, 1.82) is 0 Å². The van der Waals surface area contributed by atoms with Gasteiger partial charge in [0, 0.05) is 4.88 Å². The molecule has 2 rings (SSSR count). The molecule has 0 radical (unpaired) electrons. The number of rotatable bonds is 6. The molecule has 1 N–H and O–H groups in total. The normalized spacial score (nSPS) is 12.4. The van der Waals surface area contributed by atoms with Crippen LogP contribution in [-0.4, -0.2) is 13.7 Å². The maximum atomic E-state index is 5.31. The SMILES string of the molecule is CCCNC(c1ccc(OC)cc1C)c1sccc1C. The third kappa shape index (κ3) is 3.22. The van der Waals surface area contributed by atoms with E-state index in [0.29, 0.717) is 0 Å². The molecule has 0 fully saturated rings. The van der Waals surface area contributed by atoms with E-state index in [4.69, 9.17) is 4.74 Å². The lowest BCUT2D eigenvalue weighted by molar-refractivity contribution is 0.414. The predicted molar refractivity (Wildman–Crippen MR) is 86.9 cm³/mol. The van der Waals surface area contributed by atoms with Gasteiger partial charge in [0.2, 0.25) is 0 Å². The predicted octanol–water partition coefficient (Wildman–Crippen LogP) is 4.46. The van der Waals surface area contributed by atoms with E-state index in [0.717, 1.165) is 18.7 Å². The topological polar surface area (TPSA) is 21.3 Å². The summed E-state index contributed by atoms with van der Waals surface area (Å²) < 4.78 is 5.31. The first kappa shape index (κ1) is 15.1. The highest BCUT2D eigenvalue weighted by molar-refractivity contribution is 7.10. The molecule has 0 amide bonds. The summed E-state index contributed by atoms with van der Waals surface area (Å²) in [7, 11) is 1.71. The second kappa shape index (κ2) is 6.91. The molecule has 2 nitrogen and oxygen atoms in total. The van der Waals surface area contributed by atoms with Gasteiger partial charge in [-0.15, -0.1) is 11.3 Å². The van der Waals surface area contributed by atoms with Crippen LogP contribution < -0.4 is 10.1 Å². The van der Waals surface area contributed by atoms with Crippen LogP contribution >= 0.6 is 11.3 Å². The van der Waals surface area contributed by atoms with Crippen molar-refractivity contribution < 1.29 is 4.74 Å². The molecule has 1 atom stereocenters. The molecule has 0 saturated carbocycles. The Labute approximate surface area is 125 Å². The van der Waals surface area contributed by atoms with Crippen LogP contribution in [0.2, 0.25) is 0 Å². The standard InChI is InChI=1S/C17H23NOS/c1-5-9-18-16(17-12(2)8-10-20-17)15-7-6-14(19-4)11-13(15)3/h6-8,10-11,16,18H,5,9H2,1-4H3. The van der Waals surface area contributed by atoms with Gasteiger partial charge in [-0.1, -0.05) is 13.0 Å². The summed E-state index contributed by atoms with van der Waals surface area (Å²) in [6.07, 6.45) is 1.14. The van der Waals surface area contributed by atoms with Gasteiger partial charge in [0.25, 0.3) is 0 Å². The van der Waals surface area contributed by atoms with Crippen LogP contribution in [0.25, 0.3) is 0 Å². The van der Waals surface area contributed by atoms with Crippen molar-refractivity contribution in [3.8, 4) is 5.75 Å². The van der Waals surface area contributed by atoms with Crippen molar-refractivity contribution in [2.24, 2.45) is 0 Å². The Hall–Kier alpha value is -1.32. The van der Waals surface area contributed by atoms with Gasteiger partial charge in [-0.25, -0.2) is 0 Å². The number of hydrogen-bond acceptors (Lipinski definition) is 3. The zero-order chi connectivity index (χ0) is 14.5. The van der Waals surface area contributed by atoms with Gasteiger partial charge in [-0.2, -0.15) is 0 Å². The Balaban J connectivity index is 2.38. The van der Waals surface area contributed by atoms with E-state index in [9.17, 15) is 0 Å². The summed E-state index contributed by atoms with van der Waals surface area (Å²) >= 11 is 1.83. The Bertz CT molecular complexity index is 562. The van der Waals surface area contributed by atoms with E-state index < -0.39 is 0 Å². The van der Waals surface area contributed by atoms with Crippen molar-refractivity contribution >= 4 is 11.3 Å². The molecule has 0 aliphatic rings. The van der Waals surface area contributed by atoms with Crippen molar-refractivity contribution in [2.75, 3.05) is 13.7 Å². The van der Waals surface area contributed by atoms with E-state index in [1.54, 1.807) is 7.11 Å². The molecule has 1 aromatic heterocycles. The van der Waals surface area contributed by atoms with Crippen LogP contribution in [-0.2, 0) is 0 Å². The average molecular weight is 289 g/mol. The molecular weight excluding hydrogens is 266 g/mol. The highest BCUT2D eigenvalue weighted by atomic mass is 32.1. The third-order valence-electron chi connectivity index (χ3n) is 3.55. The fourth-order valence-corrected chi connectivity index (χ4v) is 3.43. The molecule has 0 aliphatic carbocycles. The fraction of sp³-hybridized carbons (Fsp3) is 0.412. The average Bonchev–Trinajstić information content (AvgIpc) is 2.87. The van der Waals surface area contributed by atoms with Crippen LogP contribution in [0.1, 0.15) is 41.0 Å². The summed E-state index contributed by atoms with van der Waals surface area (Å²) in [5.41, 5.74) is 3.97. The molecule has 2 aromatic rings. The van der Waals surface area contributed by atoms with Crippen LogP contribution in [0.5, 0.6) is 5.75 Å². The van der Waals surface area contributed by atoms with E-state index in [2.05, 4.69) is 49.7 Å². The van der Waals surface area contributed by atoms with Gasteiger partial charge in [-0.3, -0.25) is 0 Å². The first-order valence-electron chi connectivity index (χ1n) is 7.09. The van der Waals surface area contributed by atoms with Crippen molar-refractivity contribution in [1.82, 2.24) is 5.32 Å². The zero-order valence-corrected chi connectivity index (χ0v) is 13.5. The number of benzene rings is 1. The van der Waals surface area contributed by atoms with Crippen LogP contribution in [0, 0.1) is 13.8 Å². The first-order valence-corrected chi connectivity index (χ1v) is 7.97. The quantitative estimate of drug-likeness (QED) is 0.847. The van der Waals surface area contributed by atoms with Crippen molar-refractivity contribution in [2.45, 2.75) is 33.2 Å². The Morgan fingerprint density at radius 2 is 2.00 bits per heavy atom. The fourth-order valence-electron chi connectivity index (χ4n) is 2.41. The maximum absolute atomic E-state index is 5.31. The minimum Gasteiger partial charge on any atom is -0.497 e. The molecule has 0 spiro atoms. The molecule has 3 heteroatoms. The largest absolute Gasteiger partial charge is 0.497 e. The third-order valence-corrected chi connectivity index (χ3v) is 4.63. The molecular formula is C17H23NOS. The zero-order valence-electron chi connectivity index (χ0n) is 12.7. The highest BCUT2D eigenvalue weighted by Crippen LogP contribution is 2.32. The van der Waals surface area contributed by atoms with Gasteiger partial charge in [0.1, 0.15) is 5.75 Å². The van der Waals surface area contributed by atoms with Crippen molar-refractivity contribution in [3.05, 3.63) is 51.2 Å². The van der Waals surface area contributed by atoms with Gasteiger partial charge >= 0.3 is 0 Å². The van der Waals surface area contributed by atoms with Gasteiger partial charge < -0.3 is 10.1 Å². The Morgan fingerprint density at radius 3 is 2.55 bits per heavy atom. The lowest BCUT2D eigenvalue weighted by atomic mass is 9.98. The molecule has 0 saturated heterocycles. The Morgan fingerprint density at radius 1 is 1.20 bits per heavy atom. The molecule has 1 heterocycles. The Kier molecular flexibility index (Phi) is 5.21. The van der Waals surface area contributed by atoms with Crippen LogP contribution in [0.4, 0.5) is 0 Å². The molecule has 108 valence electrons. The second-order valence-electron chi connectivity index (χ2n) is 5.08. The molecule has 0 aliphatic heterocycles. The number of nitrogens with one attached hydrogen (secondary N) is 1. The number of aryl methyl sites for hydroxylation is 2. The summed E-state index contributed by atoms with van der Waals surface area (Å²) in [6, 6.07) is 8.81. The summed E-state index contributed by atoms with van der Waals surface area (Å²) in [5.74, 6) is 0.920. The highest BCUT2D eigenvalue weighted by Gasteiger charge is 2.18. The minimum atomic E-state index is 0.279. The summed E-state index contributed by atoms with van der Waals surface area (Å²) in [6.45, 7) is 7.56. The summed E-state index contributed by atoms with van der Waals surface area (Å²) in [5, 5.41) is 5.85. The molecule has 0 bridgehead atoms. The van der Waals surface area contributed by atoms with Crippen LogP contribution in [0.3, 0.4) is 0 Å². The van der Waals surface area contributed by atoms with Crippen molar-refractivity contribution in [3.63, 3.8) is 0 Å². The van der Waals surface area contributed by atoms with Crippen LogP contribution in [0.15, 0.2) is 29.6 Å². The van der Waals surface area contributed by atoms with Gasteiger partial charge in [-0.05, 0) is 67.1 Å². The monoisotopic (exact) mass is 289 g/mol. The first-order chi connectivity index (χ1) is 9.67. The number of ether oxygens (including phenoxy) is 1. The second-order valence-corrected chi connectivity index (χ2v) is 6.03. The maximum Gasteiger partial charge on any atom is 0.119 e. The lowest BCUT2D eigenvalue weighted by Gasteiger charge is -2.21. The molecule has 1 aromatic carbocycles. The molecule has 1 unspecified atom stereocenters. The number of hydrogen-bond donors (Lipinski definition) is 1. The molecule has 20 heavy (non-hydrogen) atoms. The van der Waals surface area contributed by atoms with Gasteiger partial charge in [0.05, 0.1) is 13.2 Å². The number of methoxy groups -OCH3 is 1. The lowest BCUT2D eigenvalue weighted by Crippen LogP contribution is -2.23.